The Balaban J connectivity index is 1.77. The molecule has 0 unspecified atom stereocenters. The fraction of sp³-hybridized carbons (Fsp3) is 0.500. The van der Waals surface area contributed by atoms with E-state index in [0.29, 0.717) is 17.3 Å². The molecule has 114 valence electrons. The summed E-state index contributed by atoms with van der Waals surface area (Å²) in [4.78, 5) is 41.4. The number of hydrogen-bond acceptors (Lipinski definition) is 5. The number of nitrogens with one attached hydrogen (secondary N) is 1. The molecule has 4 amide bonds. The number of nitrogens with zero attached hydrogens (tertiary/aromatic N) is 3. The first-order valence-electron chi connectivity index (χ1n) is 6.32. The molecular weight excluding hydrogens is 316 g/mol. The van der Waals surface area contributed by atoms with Crippen molar-refractivity contribution < 1.29 is 14.4 Å². The molecule has 1 fully saturated rings. The van der Waals surface area contributed by atoms with Crippen LogP contribution in [0.5, 0.6) is 0 Å². The Hall–Kier alpha value is -1.67. The molecule has 1 aromatic heterocycles. The van der Waals surface area contributed by atoms with Gasteiger partial charge in [0.2, 0.25) is 5.91 Å². The lowest BCUT2D eigenvalue weighted by atomic mass is 10.4. The number of amides is 4. The molecule has 7 nitrogen and oxygen atoms in total. The fourth-order valence-electron chi connectivity index (χ4n) is 1.87. The SMILES string of the molecule is Cc1nc(CCNC(=O)CN2C(=O)CN(C)C2=O)sc1Cl. The number of imide groups is 1. The highest BCUT2D eigenvalue weighted by Crippen LogP contribution is 2.23. The van der Waals surface area contributed by atoms with E-state index >= 15 is 0 Å². The van der Waals surface area contributed by atoms with Crippen LogP contribution in [0.25, 0.3) is 0 Å². The average molecular weight is 331 g/mol. The van der Waals surface area contributed by atoms with Gasteiger partial charge < -0.3 is 10.2 Å². The van der Waals surface area contributed by atoms with Crippen molar-refractivity contribution in [1.29, 1.82) is 0 Å². The Morgan fingerprint density at radius 2 is 2.19 bits per heavy atom. The maximum atomic E-state index is 11.7. The minimum atomic E-state index is -0.447. The Morgan fingerprint density at radius 3 is 2.71 bits per heavy atom. The van der Waals surface area contributed by atoms with E-state index in [0.717, 1.165) is 15.6 Å². The third-order valence-corrected chi connectivity index (χ3v) is 4.49. The van der Waals surface area contributed by atoms with Crippen LogP contribution in [0.1, 0.15) is 10.7 Å². The van der Waals surface area contributed by atoms with E-state index in [1.807, 2.05) is 6.92 Å². The minimum Gasteiger partial charge on any atom is -0.354 e. The van der Waals surface area contributed by atoms with Crippen molar-refractivity contribution in [2.24, 2.45) is 0 Å². The van der Waals surface area contributed by atoms with E-state index in [9.17, 15) is 14.4 Å². The van der Waals surface area contributed by atoms with E-state index in [1.54, 1.807) is 0 Å². The molecule has 1 aromatic rings. The summed E-state index contributed by atoms with van der Waals surface area (Å²) in [5, 5.41) is 3.50. The van der Waals surface area contributed by atoms with Crippen LogP contribution >= 0.6 is 22.9 Å². The summed E-state index contributed by atoms with van der Waals surface area (Å²) < 4.78 is 0.646. The second-order valence-electron chi connectivity index (χ2n) is 4.69. The van der Waals surface area contributed by atoms with Gasteiger partial charge in [0.05, 0.1) is 10.7 Å². The van der Waals surface area contributed by atoms with Crippen molar-refractivity contribution in [1.82, 2.24) is 20.1 Å². The van der Waals surface area contributed by atoms with Gasteiger partial charge in [-0.05, 0) is 6.92 Å². The van der Waals surface area contributed by atoms with Crippen molar-refractivity contribution in [3.8, 4) is 0 Å². The molecule has 0 saturated carbocycles. The van der Waals surface area contributed by atoms with Gasteiger partial charge in [0, 0.05) is 20.0 Å². The monoisotopic (exact) mass is 330 g/mol. The second-order valence-corrected chi connectivity index (χ2v) is 6.37. The summed E-state index contributed by atoms with van der Waals surface area (Å²) in [6.07, 6.45) is 0.561. The van der Waals surface area contributed by atoms with Gasteiger partial charge in [0.25, 0.3) is 5.91 Å². The van der Waals surface area contributed by atoms with Crippen molar-refractivity contribution in [3.05, 3.63) is 15.0 Å². The summed E-state index contributed by atoms with van der Waals surface area (Å²) in [6.45, 7) is 1.97. The van der Waals surface area contributed by atoms with Gasteiger partial charge in [-0.15, -0.1) is 11.3 Å². The van der Waals surface area contributed by atoms with Gasteiger partial charge in [-0.1, -0.05) is 11.6 Å². The zero-order valence-electron chi connectivity index (χ0n) is 11.7. The van der Waals surface area contributed by atoms with Crippen molar-refractivity contribution in [3.63, 3.8) is 0 Å². The predicted octanol–water partition coefficient (Wildman–Crippen LogP) is 0.658. The molecule has 0 bridgehead atoms. The summed E-state index contributed by atoms with van der Waals surface area (Å²) in [7, 11) is 1.52. The third kappa shape index (κ3) is 3.70. The summed E-state index contributed by atoms with van der Waals surface area (Å²) in [5.74, 6) is -0.730. The van der Waals surface area contributed by atoms with Crippen LogP contribution < -0.4 is 5.32 Å². The first-order valence-corrected chi connectivity index (χ1v) is 7.52. The van der Waals surface area contributed by atoms with Crippen molar-refractivity contribution >= 4 is 40.8 Å². The fourth-order valence-corrected chi connectivity index (χ4v) is 2.97. The Kier molecular flexibility index (Phi) is 4.79. The standard InChI is InChI=1S/C12H15ClN4O3S/c1-7-11(13)21-9(15-7)3-4-14-8(18)5-17-10(19)6-16(2)12(17)20/h3-6H2,1-2H3,(H,14,18). The zero-order valence-corrected chi connectivity index (χ0v) is 13.3. The van der Waals surface area contributed by atoms with Crippen LogP contribution in [0.2, 0.25) is 4.34 Å². The van der Waals surface area contributed by atoms with Crippen LogP contribution in [0.3, 0.4) is 0 Å². The first-order chi connectivity index (χ1) is 9.88. The molecule has 1 aliphatic heterocycles. The molecule has 2 rings (SSSR count). The van der Waals surface area contributed by atoms with Crippen LogP contribution in [-0.4, -0.2) is 59.3 Å². The van der Waals surface area contributed by atoms with E-state index in [1.165, 1.54) is 23.3 Å². The van der Waals surface area contributed by atoms with E-state index in [-0.39, 0.29) is 24.9 Å². The largest absolute Gasteiger partial charge is 0.354 e. The number of carbonyl (C=O) groups is 3. The Morgan fingerprint density at radius 1 is 1.48 bits per heavy atom. The summed E-state index contributed by atoms with van der Waals surface area (Å²) >= 11 is 7.29. The quantitative estimate of drug-likeness (QED) is 0.804. The van der Waals surface area contributed by atoms with Gasteiger partial charge >= 0.3 is 6.03 Å². The number of urea groups is 1. The number of rotatable bonds is 5. The molecule has 0 atom stereocenters. The van der Waals surface area contributed by atoms with Crippen LogP contribution in [0.4, 0.5) is 4.79 Å². The van der Waals surface area contributed by atoms with Crippen molar-refractivity contribution in [2.75, 3.05) is 26.7 Å². The van der Waals surface area contributed by atoms with Gasteiger partial charge in [-0.3, -0.25) is 14.5 Å². The molecule has 0 aliphatic carbocycles. The van der Waals surface area contributed by atoms with Crippen LogP contribution in [0.15, 0.2) is 0 Å². The van der Waals surface area contributed by atoms with Gasteiger partial charge in [0.1, 0.15) is 17.4 Å². The van der Waals surface area contributed by atoms with E-state index in [4.69, 9.17) is 11.6 Å². The molecule has 1 N–H and O–H groups in total. The molecule has 0 radical (unpaired) electrons. The van der Waals surface area contributed by atoms with Crippen LogP contribution in [0, 0.1) is 6.92 Å². The molecule has 0 spiro atoms. The number of halogens is 1. The number of hydrogen-bond donors (Lipinski definition) is 1. The second kappa shape index (κ2) is 6.40. The summed E-state index contributed by atoms with van der Waals surface area (Å²) in [6, 6.07) is -0.447. The number of carbonyl (C=O) groups excluding carboxylic acids is 3. The van der Waals surface area contributed by atoms with Gasteiger partial charge in [-0.2, -0.15) is 0 Å². The highest BCUT2D eigenvalue weighted by Gasteiger charge is 2.34. The molecule has 2 heterocycles. The topological polar surface area (TPSA) is 82.6 Å². The average Bonchev–Trinajstić information content (AvgIpc) is 2.84. The zero-order chi connectivity index (χ0) is 15.6. The van der Waals surface area contributed by atoms with Gasteiger partial charge in [0.15, 0.2) is 0 Å². The third-order valence-electron chi connectivity index (χ3n) is 2.98. The molecule has 1 saturated heterocycles. The number of aromatic nitrogens is 1. The van der Waals surface area contributed by atoms with E-state index < -0.39 is 6.03 Å². The molecular formula is C12H15ClN4O3S. The number of aryl methyl sites for hydroxylation is 1. The highest BCUT2D eigenvalue weighted by atomic mass is 35.5. The number of likely N-dealkylation sites (N-methyl/N-ethyl adjacent to an activating group) is 1. The smallest absolute Gasteiger partial charge is 0.327 e. The molecule has 1 aliphatic rings. The van der Waals surface area contributed by atoms with Gasteiger partial charge in [-0.25, -0.2) is 9.78 Å². The molecule has 9 heteroatoms. The first kappa shape index (κ1) is 15.7. The minimum absolute atomic E-state index is 0.0169. The maximum absolute atomic E-state index is 11.7. The lowest BCUT2D eigenvalue weighted by Crippen LogP contribution is -2.41. The maximum Gasteiger partial charge on any atom is 0.327 e. The highest BCUT2D eigenvalue weighted by molar-refractivity contribution is 7.16. The Labute approximate surface area is 130 Å². The van der Waals surface area contributed by atoms with Crippen molar-refractivity contribution in [2.45, 2.75) is 13.3 Å². The van der Waals surface area contributed by atoms with E-state index in [2.05, 4.69) is 10.3 Å². The molecule has 0 aromatic carbocycles. The molecule has 21 heavy (non-hydrogen) atoms. The lowest BCUT2D eigenvalue weighted by Gasteiger charge is -2.13. The normalized spacial score (nSPS) is 15.0. The predicted molar refractivity (Wildman–Crippen MR) is 78.3 cm³/mol. The Bertz CT molecular complexity index is 570. The summed E-state index contributed by atoms with van der Waals surface area (Å²) in [5.41, 5.74) is 0.777. The van der Waals surface area contributed by atoms with Crippen LogP contribution in [-0.2, 0) is 16.0 Å². The number of thiazole rings is 1. The lowest BCUT2D eigenvalue weighted by molar-refractivity contribution is -0.130.